The van der Waals surface area contributed by atoms with Crippen molar-refractivity contribution in [1.82, 2.24) is 15.2 Å². The van der Waals surface area contributed by atoms with Crippen LogP contribution in [0.3, 0.4) is 0 Å². The number of aryl methyl sites for hydroxylation is 1. The third kappa shape index (κ3) is 4.47. The number of nitrogens with zero attached hydrogens (tertiary/aromatic N) is 2. The summed E-state index contributed by atoms with van der Waals surface area (Å²) < 4.78 is 0.722. The van der Waals surface area contributed by atoms with E-state index in [0.717, 1.165) is 14.8 Å². The molecule has 2 amide bonds. The van der Waals surface area contributed by atoms with Crippen LogP contribution in [0.5, 0.6) is 0 Å². The molecule has 0 unspecified atom stereocenters. The molecule has 1 N–H and O–H groups in total. The van der Waals surface area contributed by atoms with E-state index in [-0.39, 0.29) is 22.4 Å². The number of hydrogen-bond acceptors (Lipinski definition) is 6. The van der Waals surface area contributed by atoms with Crippen LogP contribution in [0.4, 0.5) is 0 Å². The van der Waals surface area contributed by atoms with Gasteiger partial charge in [-0.25, -0.2) is 4.98 Å². The smallest absolute Gasteiger partial charge is 0.265 e. The Morgan fingerprint density at radius 3 is 2.93 bits per heavy atom. The molecule has 2 heterocycles. The molecule has 0 spiro atoms. The Morgan fingerprint density at radius 1 is 1.44 bits per heavy atom. The van der Waals surface area contributed by atoms with Crippen LogP contribution >= 0.6 is 46.9 Å². The largest absolute Gasteiger partial charge is 0.298 e. The predicted molar refractivity (Wildman–Crippen MR) is 113 cm³/mol. The maximum Gasteiger partial charge on any atom is 0.265 e. The number of benzene rings is 1. The van der Waals surface area contributed by atoms with Crippen LogP contribution in [-0.4, -0.2) is 33.4 Å². The lowest BCUT2D eigenvalue weighted by molar-refractivity contribution is -0.128. The van der Waals surface area contributed by atoms with Gasteiger partial charge in [-0.05, 0) is 37.4 Å². The monoisotopic (exact) mass is 435 g/mol. The van der Waals surface area contributed by atoms with Crippen LogP contribution in [0.2, 0.25) is 5.15 Å². The fourth-order valence-electron chi connectivity index (χ4n) is 2.33. The summed E-state index contributed by atoms with van der Waals surface area (Å²) >= 11 is 14.0. The van der Waals surface area contributed by atoms with Crippen molar-refractivity contribution < 1.29 is 9.59 Å². The normalized spacial score (nSPS) is 16.0. The summed E-state index contributed by atoms with van der Waals surface area (Å²) in [5.74, 6) is -1.04. The quantitative estimate of drug-likeness (QED) is 0.332. The van der Waals surface area contributed by atoms with E-state index in [0.29, 0.717) is 4.88 Å². The molecular formula is C18H14ClN3O2S3. The second kappa shape index (κ2) is 8.35. The molecular weight excluding hydrogens is 422 g/mol. The summed E-state index contributed by atoms with van der Waals surface area (Å²) in [4.78, 5) is 32.0. The van der Waals surface area contributed by atoms with Crippen LogP contribution in [0.1, 0.15) is 10.4 Å². The third-order valence-electron chi connectivity index (χ3n) is 3.56. The number of hydrogen-bond donors (Lipinski definition) is 1. The highest BCUT2D eigenvalue weighted by Crippen LogP contribution is 2.36. The number of rotatable bonds is 5. The fraction of sp³-hybridized carbons (Fsp3) is 0.111. The first-order valence-corrected chi connectivity index (χ1v) is 10.2. The van der Waals surface area contributed by atoms with Crippen LogP contribution in [0.15, 0.2) is 51.7 Å². The minimum absolute atomic E-state index is 0.0388. The zero-order valence-corrected chi connectivity index (χ0v) is 17.4. The van der Waals surface area contributed by atoms with Gasteiger partial charge in [-0.2, -0.15) is 0 Å². The number of nitrogens with one attached hydrogen (secondary N) is 1. The molecule has 2 aromatic rings. The molecule has 1 aromatic carbocycles. The number of halogens is 1. The summed E-state index contributed by atoms with van der Waals surface area (Å²) in [6.45, 7) is 5.82. The topological polar surface area (TPSA) is 62.3 Å². The van der Waals surface area contributed by atoms with E-state index in [4.69, 9.17) is 23.8 Å². The highest BCUT2D eigenvalue weighted by molar-refractivity contribution is 8.01. The van der Waals surface area contributed by atoms with Gasteiger partial charge < -0.3 is 0 Å². The summed E-state index contributed by atoms with van der Waals surface area (Å²) in [7, 11) is 0. The molecule has 0 bridgehead atoms. The van der Waals surface area contributed by atoms with Crippen LogP contribution in [0.25, 0.3) is 6.08 Å². The van der Waals surface area contributed by atoms with Gasteiger partial charge in [-0.1, -0.05) is 47.1 Å². The van der Waals surface area contributed by atoms with Gasteiger partial charge in [0, 0.05) is 11.4 Å². The van der Waals surface area contributed by atoms with Crippen LogP contribution in [-0.2, 0) is 9.59 Å². The Bertz CT molecular complexity index is 984. The third-order valence-corrected chi connectivity index (χ3v) is 6.33. The van der Waals surface area contributed by atoms with Gasteiger partial charge in [0.1, 0.15) is 10.7 Å². The molecule has 1 aliphatic heterocycles. The molecule has 0 radical (unpaired) electrons. The zero-order valence-electron chi connectivity index (χ0n) is 14.2. The van der Waals surface area contributed by atoms with Crippen molar-refractivity contribution in [1.29, 1.82) is 0 Å². The van der Waals surface area contributed by atoms with Crippen molar-refractivity contribution in [2.24, 2.45) is 0 Å². The first kappa shape index (κ1) is 19.8. The summed E-state index contributed by atoms with van der Waals surface area (Å²) in [5.41, 5.74) is 1.11. The number of aromatic nitrogens is 1. The lowest BCUT2D eigenvalue weighted by Gasteiger charge is -2.27. The van der Waals surface area contributed by atoms with Crippen molar-refractivity contribution in [3.05, 3.63) is 58.1 Å². The van der Waals surface area contributed by atoms with E-state index < -0.39 is 11.8 Å². The molecule has 0 aliphatic carbocycles. The lowest BCUT2D eigenvalue weighted by atomic mass is 10.1. The predicted octanol–water partition coefficient (Wildman–Crippen LogP) is 4.07. The molecule has 5 nitrogen and oxygen atoms in total. The van der Waals surface area contributed by atoms with Crippen LogP contribution in [0, 0.1) is 6.92 Å². The van der Waals surface area contributed by atoms with Gasteiger partial charge in [0.25, 0.3) is 11.8 Å². The molecule has 9 heteroatoms. The van der Waals surface area contributed by atoms with E-state index in [1.165, 1.54) is 40.2 Å². The van der Waals surface area contributed by atoms with Gasteiger partial charge in [0.05, 0.1) is 4.88 Å². The zero-order chi connectivity index (χ0) is 19.6. The maximum atomic E-state index is 12.6. The van der Waals surface area contributed by atoms with E-state index >= 15 is 0 Å². The van der Waals surface area contributed by atoms with Crippen molar-refractivity contribution >= 4 is 69.9 Å². The minimum atomic E-state index is -0.553. The minimum Gasteiger partial charge on any atom is -0.298 e. The average molecular weight is 436 g/mol. The first-order valence-electron chi connectivity index (χ1n) is 7.79. The van der Waals surface area contributed by atoms with Crippen molar-refractivity contribution in [3.8, 4) is 0 Å². The van der Waals surface area contributed by atoms with Gasteiger partial charge in [0.15, 0.2) is 9.45 Å². The van der Waals surface area contributed by atoms with Crippen molar-refractivity contribution in [3.63, 3.8) is 0 Å². The molecule has 1 saturated heterocycles. The molecule has 0 saturated carbocycles. The Balaban J connectivity index is 1.89. The van der Waals surface area contributed by atoms with Gasteiger partial charge in [0.2, 0.25) is 0 Å². The van der Waals surface area contributed by atoms with Crippen molar-refractivity contribution in [2.75, 3.05) is 6.54 Å². The van der Waals surface area contributed by atoms with E-state index in [9.17, 15) is 9.59 Å². The maximum absolute atomic E-state index is 12.6. The molecule has 1 fully saturated rings. The standard InChI is InChI=1S/C18H14ClN3O2S3/c1-3-7-22-16(24)12(15(23)21-17(22)25)9-13-14(19)20-18(27-13)26-11-6-4-5-10(2)8-11/h3-6,8-9H,1,7H2,2H3,(H,21,23,25). The van der Waals surface area contributed by atoms with Gasteiger partial charge in [-0.3, -0.25) is 19.8 Å². The number of thiazole rings is 1. The molecule has 138 valence electrons. The number of amides is 2. The van der Waals surface area contributed by atoms with Gasteiger partial charge >= 0.3 is 0 Å². The van der Waals surface area contributed by atoms with E-state index in [1.54, 1.807) is 0 Å². The second-order valence-electron chi connectivity index (χ2n) is 5.58. The lowest BCUT2D eigenvalue weighted by Crippen LogP contribution is -2.53. The highest BCUT2D eigenvalue weighted by Gasteiger charge is 2.33. The summed E-state index contributed by atoms with van der Waals surface area (Å²) in [5, 5.41) is 2.81. The Hall–Kier alpha value is -2.00. The number of carbonyl (C=O) groups excluding carboxylic acids is 2. The number of thiocarbonyl (C=S) groups is 1. The van der Waals surface area contributed by atoms with E-state index in [2.05, 4.69) is 16.9 Å². The molecule has 1 aliphatic rings. The number of carbonyl (C=O) groups is 2. The Morgan fingerprint density at radius 2 is 2.22 bits per heavy atom. The van der Waals surface area contributed by atoms with Crippen molar-refractivity contribution in [2.45, 2.75) is 16.2 Å². The molecule has 0 atom stereocenters. The molecule has 1 aromatic heterocycles. The SMILES string of the molecule is C=CCN1C(=O)C(=Cc2sc(Sc3cccc(C)c3)nc2Cl)C(=O)NC1=S. The summed E-state index contributed by atoms with van der Waals surface area (Å²) in [6, 6.07) is 8.01. The fourth-order valence-corrected chi connectivity index (χ4v) is 5.02. The second-order valence-corrected chi connectivity index (χ2v) is 8.67. The first-order chi connectivity index (χ1) is 12.9. The van der Waals surface area contributed by atoms with E-state index in [1.807, 2.05) is 31.2 Å². The summed E-state index contributed by atoms with van der Waals surface area (Å²) in [6.07, 6.45) is 2.99. The van der Waals surface area contributed by atoms with Gasteiger partial charge in [-0.15, -0.1) is 17.9 Å². The Kier molecular flexibility index (Phi) is 6.11. The van der Waals surface area contributed by atoms with Crippen LogP contribution < -0.4 is 5.32 Å². The Labute approximate surface area is 175 Å². The molecule has 27 heavy (non-hydrogen) atoms. The molecule has 3 rings (SSSR count). The highest BCUT2D eigenvalue weighted by atomic mass is 35.5. The average Bonchev–Trinajstić information content (AvgIpc) is 2.94.